The van der Waals surface area contributed by atoms with E-state index in [2.05, 4.69) is 40.4 Å². The number of halogens is 1. The van der Waals surface area contributed by atoms with Crippen molar-refractivity contribution in [3.63, 3.8) is 0 Å². The number of ether oxygens (including phenoxy) is 1. The molecule has 1 fully saturated rings. The monoisotopic (exact) mass is 531 g/mol. The van der Waals surface area contributed by atoms with Crippen molar-refractivity contribution in [1.82, 2.24) is 10.2 Å². The van der Waals surface area contributed by atoms with E-state index in [-0.39, 0.29) is 16.9 Å². The minimum atomic E-state index is -0.346. The Morgan fingerprint density at radius 1 is 1.12 bits per heavy atom. The van der Waals surface area contributed by atoms with Gasteiger partial charge < -0.3 is 15.0 Å². The van der Waals surface area contributed by atoms with Crippen molar-refractivity contribution in [2.75, 3.05) is 25.0 Å². The van der Waals surface area contributed by atoms with Crippen molar-refractivity contribution in [3.05, 3.63) is 58.1 Å². The Morgan fingerprint density at radius 3 is 2.55 bits per heavy atom. The van der Waals surface area contributed by atoms with E-state index in [0.29, 0.717) is 39.6 Å². The number of piperidine rings is 1. The number of nitrogens with one attached hydrogen (secondary N) is 2. The first-order chi connectivity index (χ1) is 15.8. The summed E-state index contributed by atoms with van der Waals surface area (Å²) in [6.07, 6.45) is 4.15. The Hall–Kier alpha value is -2.45. The molecule has 6 nitrogen and oxygen atoms in total. The third-order valence-electron chi connectivity index (χ3n) is 5.42. The van der Waals surface area contributed by atoms with Gasteiger partial charge in [-0.25, -0.2) is 0 Å². The van der Waals surface area contributed by atoms with E-state index >= 15 is 0 Å². The molecule has 3 rings (SSSR count). The summed E-state index contributed by atoms with van der Waals surface area (Å²) < 4.78 is 6.48. The molecule has 2 amide bonds. The summed E-state index contributed by atoms with van der Waals surface area (Å²) in [6.45, 7) is 6.43. The van der Waals surface area contributed by atoms with Gasteiger partial charge in [-0.15, -0.1) is 0 Å². The number of carbonyl (C=O) groups is 2. The lowest BCUT2D eigenvalue weighted by Crippen LogP contribution is -2.37. The van der Waals surface area contributed by atoms with E-state index in [4.69, 9.17) is 17.0 Å². The molecule has 0 spiro atoms. The van der Waals surface area contributed by atoms with Gasteiger partial charge in [-0.2, -0.15) is 0 Å². The second-order valence-electron chi connectivity index (χ2n) is 8.48. The molecule has 0 saturated carbocycles. The van der Waals surface area contributed by atoms with Crippen LogP contribution in [0.15, 0.2) is 46.9 Å². The maximum atomic E-state index is 13.0. The Bertz CT molecular complexity index is 1010. The number of carbonyl (C=O) groups excluding carboxylic acids is 2. The van der Waals surface area contributed by atoms with Crippen molar-refractivity contribution < 1.29 is 14.3 Å². The zero-order chi connectivity index (χ0) is 23.8. The van der Waals surface area contributed by atoms with Crippen molar-refractivity contribution >= 4 is 50.8 Å². The molecular formula is C25H30BrN3O3S. The van der Waals surface area contributed by atoms with Gasteiger partial charge in [0.1, 0.15) is 5.75 Å². The van der Waals surface area contributed by atoms with Gasteiger partial charge in [0.15, 0.2) is 5.11 Å². The minimum absolute atomic E-state index is 0.0242. The van der Waals surface area contributed by atoms with E-state index in [1.807, 2.05) is 17.0 Å². The summed E-state index contributed by atoms with van der Waals surface area (Å²) in [4.78, 5) is 27.5. The van der Waals surface area contributed by atoms with Gasteiger partial charge in [-0.05, 0) is 90.1 Å². The van der Waals surface area contributed by atoms with Crippen molar-refractivity contribution in [1.29, 1.82) is 0 Å². The minimum Gasteiger partial charge on any atom is -0.492 e. The Kier molecular flexibility index (Phi) is 9.26. The fraction of sp³-hybridized carbons (Fsp3) is 0.400. The van der Waals surface area contributed by atoms with Crippen LogP contribution in [-0.4, -0.2) is 41.5 Å². The van der Waals surface area contributed by atoms with E-state index < -0.39 is 0 Å². The average molecular weight is 533 g/mol. The number of amides is 2. The Labute approximate surface area is 209 Å². The van der Waals surface area contributed by atoms with Gasteiger partial charge >= 0.3 is 0 Å². The summed E-state index contributed by atoms with van der Waals surface area (Å²) in [5.41, 5.74) is 1.56. The first kappa shape index (κ1) is 25.2. The lowest BCUT2D eigenvalue weighted by molar-refractivity contribution is 0.0725. The van der Waals surface area contributed by atoms with Crippen LogP contribution < -0.4 is 15.4 Å². The summed E-state index contributed by atoms with van der Waals surface area (Å²) in [5.74, 6) is 0.881. The first-order valence-electron chi connectivity index (χ1n) is 11.3. The molecule has 1 saturated heterocycles. The van der Waals surface area contributed by atoms with Crippen LogP contribution in [0.2, 0.25) is 0 Å². The van der Waals surface area contributed by atoms with Gasteiger partial charge in [0.05, 0.1) is 22.3 Å². The molecule has 176 valence electrons. The topological polar surface area (TPSA) is 70.7 Å². The highest BCUT2D eigenvalue weighted by atomic mass is 79.9. The van der Waals surface area contributed by atoms with Crippen LogP contribution >= 0.6 is 28.1 Å². The molecule has 2 aromatic carbocycles. The van der Waals surface area contributed by atoms with Crippen LogP contribution in [0.3, 0.4) is 0 Å². The predicted molar refractivity (Wildman–Crippen MR) is 139 cm³/mol. The number of hydrogen-bond acceptors (Lipinski definition) is 4. The standard InChI is InChI=1S/C25H30BrN3O3S/c1-17(2)12-15-32-22-11-10-18(16-20(22)26)23(30)28-25(33)27-21-9-5-4-8-19(21)24(31)29-13-6-3-7-14-29/h4-5,8-11,16-17H,3,6-7,12-15H2,1-2H3,(H2,27,28,30,33). The quantitative estimate of drug-likeness (QED) is 0.453. The molecule has 33 heavy (non-hydrogen) atoms. The van der Waals surface area contributed by atoms with Gasteiger partial charge in [0.2, 0.25) is 0 Å². The number of likely N-dealkylation sites (tertiary alicyclic amines) is 1. The van der Waals surface area contributed by atoms with Gasteiger partial charge in [-0.3, -0.25) is 14.9 Å². The van der Waals surface area contributed by atoms with Crippen LogP contribution in [-0.2, 0) is 0 Å². The zero-order valence-corrected chi connectivity index (χ0v) is 21.4. The van der Waals surface area contributed by atoms with Gasteiger partial charge in [0.25, 0.3) is 11.8 Å². The van der Waals surface area contributed by atoms with Crippen LogP contribution in [0.4, 0.5) is 5.69 Å². The number of anilines is 1. The third-order valence-corrected chi connectivity index (χ3v) is 6.25. The van der Waals surface area contributed by atoms with Crippen molar-refractivity contribution in [3.8, 4) is 5.75 Å². The highest BCUT2D eigenvalue weighted by molar-refractivity contribution is 9.10. The number of hydrogen-bond donors (Lipinski definition) is 2. The van der Waals surface area contributed by atoms with Crippen molar-refractivity contribution in [2.24, 2.45) is 5.92 Å². The first-order valence-corrected chi connectivity index (χ1v) is 12.5. The van der Waals surface area contributed by atoms with Crippen molar-refractivity contribution in [2.45, 2.75) is 39.5 Å². The summed E-state index contributed by atoms with van der Waals surface area (Å²) >= 11 is 8.82. The van der Waals surface area contributed by atoms with E-state index in [9.17, 15) is 9.59 Å². The lowest BCUT2D eigenvalue weighted by Gasteiger charge is -2.27. The molecule has 1 heterocycles. The zero-order valence-electron chi connectivity index (χ0n) is 19.0. The molecule has 0 bridgehead atoms. The maximum Gasteiger partial charge on any atom is 0.257 e. The average Bonchev–Trinajstić information content (AvgIpc) is 2.80. The SMILES string of the molecule is CC(C)CCOc1ccc(C(=O)NC(=S)Nc2ccccc2C(=O)N2CCCCC2)cc1Br. The Morgan fingerprint density at radius 2 is 1.85 bits per heavy atom. The molecule has 1 aliphatic heterocycles. The molecule has 0 aromatic heterocycles. The molecule has 0 atom stereocenters. The smallest absolute Gasteiger partial charge is 0.257 e. The second kappa shape index (κ2) is 12.1. The highest BCUT2D eigenvalue weighted by Crippen LogP contribution is 2.26. The molecular weight excluding hydrogens is 502 g/mol. The van der Waals surface area contributed by atoms with Crippen LogP contribution in [0.25, 0.3) is 0 Å². The molecule has 0 unspecified atom stereocenters. The van der Waals surface area contributed by atoms with E-state index in [1.54, 1.807) is 30.3 Å². The normalized spacial score (nSPS) is 13.5. The molecule has 2 aromatic rings. The summed E-state index contributed by atoms with van der Waals surface area (Å²) in [6, 6.07) is 12.4. The molecule has 8 heteroatoms. The van der Waals surface area contributed by atoms with Gasteiger partial charge in [-0.1, -0.05) is 26.0 Å². The molecule has 0 aliphatic carbocycles. The van der Waals surface area contributed by atoms with Crippen LogP contribution in [0, 0.1) is 5.92 Å². The number of nitrogens with zero attached hydrogens (tertiary/aromatic N) is 1. The van der Waals surface area contributed by atoms with E-state index in [0.717, 1.165) is 38.8 Å². The number of benzene rings is 2. The lowest BCUT2D eigenvalue weighted by atomic mass is 10.1. The highest BCUT2D eigenvalue weighted by Gasteiger charge is 2.21. The fourth-order valence-electron chi connectivity index (χ4n) is 3.54. The predicted octanol–water partition coefficient (Wildman–Crippen LogP) is 5.63. The summed E-state index contributed by atoms with van der Waals surface area (Å²) in [7, 11) is 0. The second-order valence-corrected chi connectivity index (χ2v) is 9.75. The maximum absolute atomic E-state index is 13.0. The fourth-order valence-corrected chi connectivity index (χ4v) is 4.23. The molecule has 0 radical (unpaired) electrons. The molecule has 1 aliphatic rings. The van der Waals surface area contributed by atoms with E-state index in [1.165, 1.54) is 0 Å². The largest absolute Gasteiger partial charge is 0.492 e. The van der Waals surface area contributed by atoms with Crippen LogP contribution in [0.5, 0.6) is 5.75 Å². The van der Waals surface area contributed by atoms with Gasteiger partial charge in [0, 0.05) is 18.7 Å². The number of rotatable bonds is 7. The summed E-state index contributed by atoms with van der Waals surface area (Å²) in [5, 5.41) is 5.83. The number of para-hydroxylation sites is 1. The Balaban J connectivity index is 1.61. The third kappa shape index (κ3) is 7.27. The number of thiocarbonyl (C=S) groups is 1. The van der Waals surface area contributed by atoms with Crippen LogP contribution in [0.1, 0.15) is 60.2 Å². The molecule has 2 N–H and O–H groups in total.